The van der Waals surface area contributed by atoms with Gasteiger partial charge >= 0.3 is 29.6 Å². The molecular weight excluding hydrogens is 883 g/mol. The largest absolute Gasteiger partial charge is 0.490 e. The van der Waals surface area contributed by atoms with Gasteiger partial charge in [0.2, 0.25) is 0 Å². The normalized spacial score (nSPS) is 15.1. The van der Waals surface area contributed by atoms with Crippen LogP contribution in [0.1, 0.15) is 40.5 Å². The van der Waals surface area contributed by atoms with Gasteiger partial charge in [-0.05, 0) is 92.4 Å². The molecule has 0 spiro atoms. The third-order valence-electron chi connectivity index (χ3n) is 9.84. The minimum Gasteiger partial charge on any atom is -0.475 e. The summed E-state index contributed by atoms with van der Waals surface area (Å²) in [7, 11) is 0. The summed E-state index contributed by atoms with van der Waals surface area (Å²) in [5.41, 5.74) is 8.69. The maximum atomic E-state index is 10.6. The van der Waals surface area contributed by atoms with Crippen molar-refractivity contribution in [1.82, 2.24) is 29.7 Å². The fourth-order valence-electron chi connectivity index (χ4n) is 6.20. The van der Waals surface area contributed by atoms with Crippen LogP contribution < -0.4 is 20.4 Å². The molecule has 0 radical (unpaired) electrons. The minimum absolute atomic E-state index is 0. The maximum absolute atomic E-state index is 10.6. The van der Waals surface area contributed by atoms with Crippen LogP contribution in [-0.4, -0.2) is 140 Å². The maximum Gasteiger partial charge on any atom is 0.490 e. The average molecular weight is 938 g/mol. The number of anilines is 4. The smallest absolute Gasteiger partial charge is 0.475 e. The van der Waals surface area contributed by atoms with Crippen LogP contribution in [0.15, 0.2) is 73.3 Å². The van der Waals surface area contributed by atoms with E-state index >= 15 is 0 Å². The van der Waals surface area contributed by atoms with E-state index in [2.05, 4.69) is 58.3 Å². The average Bonchev–Trinajstić information content (AvgIpc) is 3.30. The standard InChI is InChI=1S/C11H16N4O2.C11H18N4.C10H13N3O2.C5H3ClN2O2.C2HF3O2.CH4/c1-2-13-5-7-14(8-6-13)10-3-4-11(12-9-10)15(16)17;1-2-14-5-7-15(8-6-14)10-3-4-11(12)13-9-10;14-13(15)10-5-4-9(8-11-10)12-6-2-1-3-7-12;6-4-1-2-5(7-3-4)8(9)10;3-2(4,5)1(6)7;/h3-4,9H,2,5-8H2,1H3;3-4,9H,2,5-8H2,1H3,(H2,12,13);4-5,8H,1-3,6-7H2;1-3H;(H,6,7);1H4. The highest BCUT2D eigenvalue weighted by Crippen LogP contribution is 2.21. The van der Waals surface area contributed by atoms with Crippen LogP contribution in [0.25, 0.3) is 0 Å². The fourth-order valence-corrected chi connectivity index (χ4v) is 6.32. The molecule has 0 bridgehead atoms. The molecule has 3 N–H and O–H groups in total. The highest BCUT2D eigenvalue weighted by molar-refractivity contribution is 6.30. The SMILES string of the molecule is C.CCN1CCN(c2ccc(N)nc2)CC1.CCN1CCN(c2ccc([N+](=O)[O-])nc2)CC1.O=C(O)C(F)(F)F.O=[N+]([O-])c1ccc(Cl)cn1.O=[N+]([O-])c1ccc(N2CCCCC2)cn1. The molecule has 0 aliphatic carbocycles. The first-order valence-electron chi connectivity index (χ1n) is 20.1. The van der Waals surface area contributed by atoms with Gasteiger partial charge in [-0.3, -0.25) is 0 Å². The quantitative estimate of drug-likeness (QED) is 0.135. The molecule has 0 aromatic carbocycles. The van der Waals surface area contributed by atoms with Gasteiger partial charge < -0.3 is 65.7 Å². The number of halogens is 4. The van der Waals surface area contributed by atoms with Crippen LogP contribution in [0.3, 0.4) is 0 Å². The number of carboxylic acid groups (broad SMARTS) is 1. The summed E-state index contributed by atoms with van der Waals surface area (Å²) >= 11 is 5.43. The van der Waals surface area contributed by atoms with Crippen LogP contribution in [0.5, 0.6) is 0 Å². The molecule has 21 nitrogen and oxygen atoms in total. The molecule has 3 aliphatic rings. The van der Waals surface area contributed by atoms with Gasteiger partial charge in [-0.25, -0.2) is 9.78 Å². The van der Waals surface area contributed by atoms with Crippen LogP contribution in [0.4, 0.5) is 53.5 Å². The predicted molar refractivity (Wildman–Crippen MR) is 241 cm³/mol. The monoisotopic (exact) mass is 937 g/mol. The molecule has 25 heteroatoms. The predicted octanol–water partition coefficient (Wildman–Crippen LogP) is 6.83. The van der Waals surface area contributed by atoms with E-state index in [1.165, 1.54) is 55.4 Å². The van der Waals surface area contributed by atoms with Gasteiger partial charge in [0.1, 0.15) is 5.82 Å². The number of carbonyl (C=O) groups is 1. The number of piperazine rings is 2. The van der Waals surface area contributed by atoms with E-state index in [1.54, 1.807) is 24.5 Å². The van der Waals surface area contributed by atoms with Crippen LogP contribution >= 0.6 is 11.6 Å². The Balaban J connectivity index is 0.000000286. The van der Waals surface area contributed by atoms with Crippen LogP contribution in [0, 0.1) is 30.3 Å². The zero-order valence-electron chi connectivity index (χ0n) is 35.3. The molecule has 0 saturated carbocycles. The van der Waals surface area contributed by atoms with E-state index in [-0.39, 0.29) is 24.9 Å². The Labute approximate surface area is 379 Å². The Kier molecular flexibility index (Phi) is 23.2. The second-order valence-corrected chi connectivity index (χ2v) is 14.4. The van der Waals surface area contributed by atoms with Crippen molar-refractivity contribution in [1.29, 1.82) is 0 Å². The Morgan fingerprint density at radius 2 is 0.954 bits per heavy atom. The molecule has 356 valence electrons. The number of alkyl halides is 3. The number of carboxylic acids is 1. The van der Waals surface area contributed by atoms with Crippen molar-refractivity contribution in [2.45, 2.75) is 46.7 Å². The van der Waals surface area contributed by atoms with Crippen molar-refractivity contribution in [3.63, 3.8) is 0 Å². The molecule has 4 aromatic heterocycles. The minimum atomic E-state index is -5.08. The number of hydrogen-bond acceptors (Lipinski definition) is 17. The van der Waals surface area contributed by atoms with Gasteiger partial charge in [0.25, 0.3) is 0 Å². The van der Waals surface area contributed by atoms with Gasteiger partial charge in [0.15, 0.2) is 18.6 Å². The van der Waals surface area contributed by atoms with E-state index in [9.17, 15) is 43.5 Å². The summed E-state index contributed by atoms with van der Waals surface area (Å²) in [6.45, 7) is 17.1. The molecule has 3 saturated heterocycles. The molecule has 4 aromatic rings. The van der Waals surface area contributed by atoms with Crippen molar-refractivity contribution in [3.8, 4) is 0 Å². The number of likely N-dealkylation sites (N-methyl/N-ethyl adjacent to an activating group) is 2. The second kappa shape index (κ2) is 27.6. The summed E-state index contributed by atoms with van der Waals surface area (Å²) < 4.78 is 31.7. The number of nitrogens with two attached hydrogens (primary N) is 1. The summed E-state index contributed by atoms with van der Waals surface area (Å²) in [5, 5.41) is 38.4. The number of pyridine rings is 4. The lowest BCUT2D eigenvalue weighted by Gasteiger charge is -2.35. The van der Waals surface area contributed by atoms with Crippen LogP contribution in [-0.2, 0) is 4.79 Å². The van der Waals surface area contributed by atoms with Crippen molar-refractivity contribution >= 4 is 57.9 Å². The molecule has 3 aliphatic heterocycles. The molecule has 0 unspecified atom stereocenters. The second-order valence-electron chi connectivity index (χ2n) is 14.0. The van der Waals surface area contributed by atoms with Crippen molar-refractivity contribution in [2.24, 2.45) is 0 Å². The number of aromatic nitrogens is 4. The van der Waals surface area contributed by atoms with E-state index in [0.29, 0.717) is 10.8 Å². The van der Waals surface area contributed by atoms with E-state index in [1.807, 2.05) is 18.3 Å². The van der Waals surface area contributed by atoms with E-state index in [0.717, 1.165) is 89.9 Å². The fraction of sp³-hybridized carbons (Fsp3) is 0.475. The number of nitrogen functional groups attached to an aromatic ring is 1. The number of piperidine rings is 1. The molecule has 3 fully saturated rings. The van der Waals surface area contributed by atoms with Crippen LogP contribution in [0.2, 0.25) is 5.02 Å². The topological polar surface area (TPSA) is 260 Å². The third-order valence-corrected chi connectivity index (χ3v) is 10.1. The lowest BCUT2D eigenvalue weighted by molar-refractivity contribution is -0.389. The summed E-state index contributed by atoms with van der Waals surface area (Å²) in [6.07, 6.45) is 4.84. The summed E-state index contributed by atoms with van der Waals surface area (Å²) in [5.74, 6) is -2.54. The molecular formula is C40H55ClF3N13O8. The van der Waals surface area contributed by atoms with Gasteiger partial charge in [0.05, 0.1) is 28.3 Å². The number of rotatable bonds is 8. The Morgan fingerprint density at radius 3 is 1.23 bits per heavy atom. The lowest BCUT2D eigenvalue weighted by Crippen LogP contribution is -2.46. The van der Waals surface area contributed by atoms with Gasteiger partial charge in [-0.15, -0.1) is 0 Å². The van der Waals surface area contributed by atoms with Gasteiger partial charge in [0, 0.05) is 83.6 Å². The molecule has 7 rings (SSSR count). The molecule has 0 amide bonds. The lowest BCUT2D eigenvalue weighted by atomic mass is 10.1. The number of hydrogen-bond donors (Lipinski definition) is 2. The van der Waals surface area contributed by atoms with E-state index < -0.39 is 26.9 Å². The molecule has 65 heavy (non-hydrogen) atoms. The van der Waals surface area contributed by atoms with Crippen molar-refractivity contribution in [3.05, 3.63) is 109 Å². The van der Waals surface area contributed by atoms with Gasteiger partial charge in [-0.2, -0.15) is 13.2 Å². The number of nitro groups is 3. The first-order valence-corrected chi connectivity index (χ1v) is 20.5. The molecule has 0 atom stereocenters. The van der Waals surface area contributed by atoms with E-state index in [4.69, 9.17) is 27.2 Å². The van der Waals surface area contributed by atoms with Crippen molar-refractivity contribution < 1.29 is 37.8 Å². The summed E-state index contributed by atoms with van der Waals surface area (Å²) in [6, 6.07) is 13.1. The number of nitrogens with zero attached hydrogens (tertiary/aromatic N) is 12. The number of aliphatic carboxylic acids is 1. The zero-order valence-corrected chi connectivity index (χ0v) is 36.1. The highest BCUT2D eigenvalue weighted by Gasteiger charge is 2.38. The highest BCUT2D eigenvalue weighted by atomic mass is 35.5. The first kappa shape index (κ1) is 54.6. The Morgan fingerprint density at radius 1 is 0.615 bits per heavy atom. The third kappa shape index (κ3) is 19.4. The summed E-state index contributed by atoms with van der Waals surface area (Å²) in [4.78, 5) is 65.2. The first-order chi connectivity index (χ1) is 30.4. The van der Waals surface area contributed by atoms with Gasteiger partial charge in [-0.1, -0.05) is 32.9 Å². The molecule has 7 heterocycles. The van der Waals surface area contributed by atoms with Crippen molar-refractivity contribution in [2.75, 3.05) is 99.0 Å². The zero-order chi connectivity index (χ0) is 47.2. The Bertz CT molecular complexity index is 2040. The Hall–Kier alpha value is -6.53.